The molecule has 0 aromatic rings. The molecule has 0 aliphatic carbocycles. The highest BCUT2D eigenvalue weighted by molar-refractivity contribution is 6.02. The van der Waals surface area contributed by atoms with E-state index in [1.165, 1.54) is 8.05 Å². The fraction of sp³-hybridized carbons (Fsp3) is 0.667. The Hall–Kier alpha value is -0.995. The molecule has 0 fully saturated rings. The average molecular weight is 157 g/mol. The Morgan fingerprint density at radius 3 is 2.55 bits per heavy atom. The minimum atomic E-state index is -0.923. The molecule has 0 spiro atoms. The molecule has 0 radical (unpaired) electrons. The Bertz CT molecular complexity index is 158. The standard InChI is InChI=1S/C6H12BNO3/c1-4(2)5(6(9)10)8-3-11-7/h3-5H,7H2,1-2H3,(H,9,10)/t5-/m1/s1. The molecule has 1 N–H and O–H groups in total. The predicted octanol–water partition coefficient (Wildman–Crippen LogP) is -0.311. The van der Waals surface area contributed by atoms with Gasteiger partial charge in [0, 0.05) is 0 Å². The van der Waals surface area contributed by atoms with Crippen molar-refractivity contribution < 1.29 is 14.6 Å². The number of rotatable bonds is 4. The van der Waals surface area contributed by atoms with Gasteiger partial charge in [-0.25, -0.2) is 9.79 Å². The van der Waals surface area contributed by atoms with E-state index in [9.17, 15) is 4.79 Å². The molecule has 0 unspecified atom stereocenters. The average Bonchev–Trinajstić information content (AvgIpc) is 1.87. The van der Waals surface area contributed by atoms with Crippen LogP contribution in [-0.2, 0) is 9.45 Å². The largest absolute Gasteiger partial charge is 0.560 e. The molecule has 11 heavy (non-hydrogen) atoms. The van der Waals surface area contributed by atoms with Gasteiger partial charge < -0.3 is 9.76 Å². The first-order chi connectivity index (χ1) is 5.09. The van der Waals surface area contributed by atoms with Gasteiger partial charge in [-0.3, -0.25) is 0 Å². The Balaban J connectivity index is 4.11. The van der Waals surface area contributed by atoms with E-state index in [-0.39, 0.29) is 5.92 Å². The van der Waals surface area contributed by atoms with Gasteiger partial charge in [0.15, 0.2) is 12.4 Å². The smallest absolute Gasteiger partial charge is 0.328 e. The van der Waals surface area contributed by atoms with Crippen molar-refractivity contribution in [2.24, 2.45) is 10.9 Å². The third-order valence-corrected chi connectivity index (χ3v) is 1.21. The summed E-state index contributed by atoms with van der Waals surface area (Å²) in [5.41, 5.74) is 0. The zero-order valence-electron chi connectivity index (χ0n) is 6.94. The minimum Gasteiger partial charge on any atom is -0.560 e. The van der Waals surface area contributed by atoms with E-state index in [0.29, 0.717) is 0 Å². The van der Waals surface area contributed by atoms with Crippen molar-refractivity contribution in [2.75, 3.05) is 0 Å². The number of aliphatic imine (C=N–C) groups is 1. The van der Waals surface area contributed by atoms with E-state index in [4.69, 9.17) is 5.11 Å². The molecule has 5 heteroatoms. The molecule has 62 valence electrons. The lowest BCUT2D eigenvalue weighted by molar-refractivity contribution is -0.139. The third-order valence-electron chi connectivity index (χ3n) is 1.21. The first-order valence-electron chi connectivity index (χ1n) is 3.36. The Morgan fingerprint density at radius 2 is 2.27 bits per heavy atom. The second-order valence-electron chi connectivity index (χ2n) is 2.52. The predicted molar refractivity (Wildman–Crippen MR) is 44.4 cm³/mol. The highest BCUT2D eigenvalue weighted by Gasteiger charge is 2.19. The number of carboxylic acids is 1. The monoisotopic (exact) mass is 157 g/mol. The van der Waals surface area contributed by atoms with Crippen LogP contribution in [0.1, 0.15) is 13.8 Å². The molecule has 1 atom stereocenters. The number of nitrogens with zero attached hydrogens (tertiary/aromatic N) is 1. The first kappa shape index (κ1) is 10.0. The van der Waals surface area contributed by atoms with E-state index in [1.54, 1.807) is 13.8 Å². The summed E-state index contributed by atoms with van der Waals surface area (Å²) in [6.45, 7) is 3.59. The van der Waals surface area contributed by atoms with Crippen LogP contribution in [0.2, 0.25) is 0 Å². The lowest BCUT2D eigenvalue weighted by Gasteiger charge is -2.09. The Kier molecular flexibility index (Phi) is 4.33. The summed E-state index contributed by atoms with van der Waals surface area (Å²) in [6.07, 6.45) is 1.15. The quantitative estimate of drug-likeness (QED) is 0.346. The van der Waals surface area contributed by atoms with Crippen LogP contribution in [0.3, 0.4) is 0 Å². The van der Waals surface area contributed by atoms with Gasteiger partial charge >= 0.3 is 14.0 Å². The fourth-order valence-corrected chi connectivity index (χ4v) is 0.647. The first-order valence-corrected chi connectivity index (χ1v) is 3.36. The maximum atomic E-state index is 10.5. The molecular weight excluding hydrogens is 145 g/mol. The van der Waals surface area contributed by atoms with E-state index in [1.807, 2.05) is 0 Å². The van der Waals surface area contributed by atoms with E-state index < -0.39 is 12.0 Å². The van der Waals surface area contributed by atoms with Crippen molar-refractivity contribution in [3.05, 3.63) is 0 Å². The summed E-state index contributed by atoms with van der Waals surface area (Å²) in [6, 6.07) is -0.699. The van der Waals surface area contributed by atoms with Gasteiger partial charge in [0.2, 0.25) is 0 Å². The van der Waals surface area contributed by atoms with Gasteiger partial charge in [-0.15, -0.1) is 0 Å². The normalized spacial score (nSPS) is 13.7. The van der Waals surface area contributed by atoms with Crippen molar-refractivity contribution >= 4 is 20.4 Å². The van der Waals surface area contributed by atoms with E-state index in [2.05, 4.69) is 9.65 Å². The second kappa shape index (κ2) is 4.76. The maximum absolute atomic E-state index is 10.5. The number of carboxylic acid groups (broad SMARTS) is 1. The topological polar surface area (TPSA) is 58.9 Å². The van der Waals surface area contributed by atoms with Crippen LogP contribution in [0.25, 0.3) is 0 Å². The molecule has 0 aliphatic rings. The van der Waals surface area contributed by atoms with Crippen LogP contribution in [0, 0.1) is 5.92 Å². The molecule has 4 nitrogen and oxygen atoms in total. The van der Waals surface area contributed by atoms with Crippen molar-refractivity contribution in [1.82, 2.24) is 0 Å². The highest BCUT2D eigenvalue weighted by atomic mass is 16.4. The molecule has 0 rings (SSSR count). The second-order valence-corrected chi connectivity index (χ2v) is 2.52. The summed E-state index contributed by atoms with van der Waals surface area (Å²) in [4.78, 5) is 14.2. The van der Waals surface area contributed by atoms with Crippen molar-refractivity contribution in [2.45, 2.75) is 19.9 Å². The van der Waals surface area contributed by atoms with Crippen LogP contribution in [-0.4, -0.2) is 31.6 Å². The lowest BCUT2D eigenvalue weighted by Crippen LogP contribution is -2.24. The summed E-state index contributed by atoms with van der Waals surface area (Å²) in [5.74, 6) is -0.938. The van der Waals surface area contributed by atoms with Crippen LogP contribution in [0.4, 0.5) is 0 Å². The lowest BCUT2D eigenvalue weighted by atomic mass is 10.1. The van der Waals surface area contributed by atoms with E-state index >= 15 is 0 Å². The van der Waals surface area contributed by atoms with Crippen molar-refractivity contribution in [3.63, 3.8) is 0 Å². The third kappa shape index (κ3) is 3.65. The van der Waals surface area contributed by atoms with Crippen molar-refractivity contribution in [3.8, 4) is 0 Å². The fourth-order valence-electron chi connectivity index (χ4n) is 0.647. The zero-order chi connectivity index (χ0) is 8.85. The van der Waals surface area contributed by atoms with Crippen molar-refractivity contribution in [1.29, 1.82) is 0 Å². The van der Waals surface area contributed by atoms with Gasteiger partial charge in [-0.2, -0.15) is 0 Å². The number of hydrogen-bond acceptors (Lipinski definition) is 3. The van der Waals surface area contributed by atoms with Crippen LogP contribution >= 0.6 is 0 Å². The molecule has 0 aromatic carbocycles. The summed E-state index contributed by atoms with van der Waals surface area (Å²) in [7, 11) is 1.43. The van der Waals surface area contributed by atoms with Gasteiger partial charge in [0.05, 0.1) is 0 Å². The number of hydrogen-bond donors (Lipinski definition) is 1. The molecule has 0 heterocycles. The summed E-state index contributed by atoms with van der Waals surface area (Å²) >= 11 is 0. The minimum absolute atomic E-state index is 0.0149. The Morgan fingerprint density at radius 1 is 1.73 bits per heavy atom. The summed E-state index contributed by atoms with van der Waals surface area (Å²) in [5, 5.41) is 8.60. The maximum Gasteiger partial charge on any atom is 0.328 e. The SMILES string of the molecule is BOC=N[C@@H](C(=O)O)C(C)C. The van der Waals surface area contributed by atoms with Gasteiger partial charge in [0.1, 0.15) is 0 Å². The van der Waals surface area contributed by atoms with Gasteiger partial charge in [-0.1, -0.05) is 13.8 Å². The van der Waals surface area contributed by atoms with Crippen LogP contribution < -0.4 is 0 Å². The molecule has 0 aromatic heterocycles. The number of carbonyl (C=O) groups is 1. The molecule has 0 bridgehead atoms. The molecule has 0 aliphatic heterocycles. The van der Waals surface area contributed by atoms with Gasteiger partial charge in [0.25, 0.3) is 0 Å². The molecular formula is C6H12BNO3. The molecule has 0 saturated heterocycles. The summed E-state index contributed by atoms with van der Waals surface area (Å²) < 4.78 is 4.52. The van der Waals surface area contributed by atoms with E-state index in [0.717, 1.165) is 6.40 Å². The van der Waals surface area contributed by atoms with Gasteiger partial charge in [-0.05, 0) is 5.92 Å². The van der Waals surface area contributed by atoms with Crippen LogP contribution in [0.15, 0.2) is 4.99 Å². The molecule has 0 amide bonds. The number of aliphatic carboxylic acids is 1. The highest BCUT2D eigenvalue weighted by Crippen LogP contribution is 2.05. The molecule has 0 saturated carbocycles. The van der Waals surface area contributed by atoms with Crippen LogP contribution in [0.5, 0.6) is 0 Å². The zero-order valence-corrected chi connectivity index (χ0v) is 6.94. The Labute approximate surface area is 66.7 Å².